The van der Waals surface area contributed by atoms with Crippen molar-refractivity contribution in [2.24, 2.45) is 0 Å². The van der Waals surface area contributed by atoms with E-state index in [4.69, 9.17) is 0 Å². The molecular weight excluding hydrogens is 232 g/mol. The van der Waals surface area contributed by atoms with Crippen LogP contribution in [0.15, 0.2) is 30.3 Å². The molecule has 1 rings (SSSR count). The van der Waals surface area contributed by atoms with Crippen molar-refractivity contribution in [2.75, 3.05) is 20.1 Å². The molecule has 0 aliphatic rings. The Kier molecular flexibility index (Phi) is 6.53. The largest absolute Gasteiger partial charge is 0.310 e. The maximum Gasteiger partial charge on any atom is 0.0189 e. The van der Waals surface area contributed by atoms with Crippen molar-refractivity contribution >= 4 is 0 Å². The van der Waals surface area contributed by atoms with Crippen LogP contribution in [0.1, 0.15) is 39.7 Å². The lowest BCUT2D eigenvalue weighted by Gasteiger charge is -2.30. The fourth-order valence-corrected chi connectivity index (χ4v) is 1.88. The summed E-state index contributed by atoms with van der Waals surface area (Å²) >= 11 is 0. The molecule has 0 bridgehead atoms. The molecule has 0 aliphatic carbocycles. The average molecular weight is 262 g/mol. The predicted octanol–water partition coefficient (Wildman–Crippen LogP) is 3.33. The normalized spacial score (nSPS) is 13.8. The van der Waals surface area contributed by atoms with Gasteiger partial charge < -0.3 is 10.2 Å². The van der Waals surface area contributed by atoms with Crippen LogP contribution in [0.2, 0.25) is 0 Å². The third-order valence-electron chi connectivity index (χ3n) is 4.11. The molecule has 1 aromatic carbocycles. The van der Waals surface area contributed by atoms with Gasteiger partial charge in [-0.1, -0.05) is 37.3 Å². The van der Waals surface area contributed by atoms with Crippen molar-refractivity contribution in [1.29, 1.82) is 0 Å². The summed E-state index contributed by atoms with van der Waals surface area (Å²) in [5.41, 5.74) is 1.66. The van der Waals surface area contributed by atoms with Gasteiger partial charge in [0.05, 0.1) is 0 Å². The van der Waals surface area contributed by atoms with Gasteiger partial charge >= 0.3 is 0 Å². The standard InChI is InChI=1S/C17H30N2/c1-6-17(3,4)18-14-15(2)19(5)13-12-16-10-8-7-9-11-16/h7-11,15,18H,6,12-14H2,1-5H3. The second kappa shape index (κ2) is 7.66. The van der Waals surface area contributed by atoms with Gasteiger partial charge in [-0.2, -0.15) is 0 Å². The molecule has 0 amide bonds. The zero-order valence-electron chi connectivity index (χ0n) is 13.2. The molecule has 108 valence electrons. The molecule has 0 heterocycles. The number of benzene rings is 1. The smallest absolute Gasteiger partial charge is 0.0189 e. The van der Waals surface area contributed by atoms with Gasteiger partial charge in [0.2, 0.25) is 0 Å². The number of hydrogen-bond donors (Lipinski definition) is 1. The van der Waals surface area contributed by atoms with Crippen LogP contribution in [0.5, 0.6) is 0 Å². The van der Waals surface area contributed by atoms with Crippen LogP contribution in [0.25, 0.3) is 0 Å². The average Bonchev–Trinajstić information content (AvgIpc) is 2.43. The van der Waals surface area contributed by atoms with E-state index in [1.165, 1.54) is 5.56 Å². The molecule has 0 fully saturated rings. The van der Waals surface area contributed by atoms with Gasteiger partial charge in [-0.3, -0.25) is 0 Å². The predicted molar refractivity (Wildman–Crippen MR) is 84.6 cm³/mol. The number of nitrogens with one attached hydrogen (secondary N) is 1. The van der Waals surface area contributed by atoms with Crippen LogP contribution in [0, 0.1) is 0 Å². The van der Waals surface area contributed by atoms with Crippen LogP contribution >= 0.6 is 0 Å². The first-order valence-corrected chi connectivity index (χ1v) is 7.44. The van der Waals surface area contributed by atoms with Gasteiger partial charge in [0, 0.05) is 24.7 Å². The van der Waals surface area contributed by atoms with E-state index in [0.29, 0.717) is 6.04 Å². The maximum absolute atomic E-state index is 3.65. The summed E-state index contributed by atoms with van der Waals surface area (Å²) in [5.74, 6) is 0. The monoisotopic (exact) mass is 262 g/mol. The van der Waals surface area contributed by atoms with Crippen LogP contribution in [-0.2, 0) is 6.42 Å². The van der Waals surface area contributed by atoms with Gasteiger partial charge in [0.15, 0.2) is 0 Å². The van der Waals surface area contributed by atoms with Crippen molar-refractivity contribution in [2.45, 2.75) is 52.1 Å². The molecule has 0 aliphatic heterocycles. The highest BCUT2D eigenvalue weighted by Gasteiger charge is 2.16. The summed E-state index contributed by atoms with van der Waals surface area (Å²) in [5, 5.41) is 3.65. The fraction of sp³-hybridized carbons (Fsp3) is 0.647. The van der Waals surface area contributed by atoms with Gasteiger partial charge in [0.25, 0.3) is 0 Å². The molecule has 0 saturated heterocycles. The summed E-state index contributed by atoms with van der Waals surface area (Å²) in [4.78, 5) is 2.44. The minimum absolute atomic E-state index is 0.245. The molecule has 1 unspecified atom stereocenters. The van der Waals surface area contributed by atoms with E-state index in [-0.39, 0.29) is 5.54 Å². The molecule has 2 heteroatoms. The SMILES string of the molecule is CCC(C)(C)NCC(C)N(C)CCc1ccccc1. The minimum Gasteiger partial charge on any atom is -0.310 e. The Morgan fingerprint density at radius 3 is 2.42 bits per heavy atom. The zero-order valence-corrected chi connectivity index (χ0v) is 13.2. The first-order chi connectivity index (χ1) is 8.94. The first kappa shape index (κ1) is 16.2. The Balaban J connectivity index is 2.31. The third kappa shape index (κ3) is 6.22. The minimum atomic E-state index is 0.245. The van der Waals surface area contributed by atoms with E-state index in [1.54, 1.807) is 0 Å². The van der Waals surface area contributed by atoms with E-state index < -0.39 is 0 Å². The highest BCUT2D eigenvalue weighted by Crippen LogP contribution is 2.08. The third-order valence-corrected chi connectivity index (χ3v) is 4.11. The molecule has 0 spiro atoms. The summed E-state index contributed by atoms with van der Waals surface area (Å²) in [6.45, 7) is 11.2. The van der Waals surface area contributed by atoms with Crippen molar-refractivity contribution in [1.82, 2.24) is 10.2 Å². The fourth-order valence-electron chi connectivity index (χ4n) is 1.88. The number of nitrogens with zero attached hydrogens (tertiary/aromatic N) is 1. The van der Waals surface area contributed by atoms with Crippen LogP contribution in [0.4, 0.5) is 0 Å². The van der Waals surface area contributed by atoms with E-state index in [9.17, 15) is 0 Å². The van der Waals surface area contributed by atoms with Crippen LogP contribution in [-0.4, -0.2) is 36.6 Å². The highest BCUT2D eigenvalue weighted by atomic mass is 15.1. The van der Waals surface area contributed by atoms with Crippen molar-refractivity contribution in [3.63, 3.8) is 0 Å². The van der Waals surface area contributed by atoms with E-state index >= 15 is 0 Å². The van der Waals surface area contributed by atoms with E-state index in [2.05, 4.69) is 75.3 Å². The van der Waals surface area contributed by atoms with Crippen LogP contribution < -0.4 is 5.32 Å². The number of rotatable bonds is 8. The van der Waals surface area contributed by atoms with Gasteiger partial charge in [0.1, 0.15) is 0 Å². The molecular formula is C17H30N2. The molecule has 1 N–H and O–H groups in total. The molecule has 0 aromatic heterocycles. The summed E-state index contributed by atoms with van der Waals surface area (Å²) < 4.78 is 0. The Morgan fingerprint density at radius 2 is 1.84 bits per heavy atom. The van der Waals surface area contributed by atoms with E-state index in [0.717, 1.165) is 25.9 Å². The molecule has 19 heavy (non-hydrogen) atoms. The molecule has 1 aromatic rings. The number of hydrogen-bond acceptors (Lipinski definition) is 2. The Hall–Kier alpha value is -0.860. The van der Waals surface area contributed by atoms with Gasteiger partial charge in [-0.15, -0.1) is 0 Å². The van der Waals surface area contributed by atoms with Gasteiger partial charge in [-0.05, 0) is 46.2 Å². The van der Waals surface area contributed by atoms with Crippen molar-refractivity contribution in [3.05, 3.63) is 35.9 Å². The topological polar surface area (TPSA) is 15.3 Å². The lowest BCUT2D eigenvalue weighted by molar-refractivity contribution is 0.232. The zero-order chi connectivity index (χ0) is 14.3. The Labute approximate surface area is 119 Å². The summed E-state index contributed by atoms with van der Waals surface area (Å²) in [6, 6.07) is 11.3. The Morgan fingerprint density at radius 1 is 1.21 bits per heavy atom. The number of likely N-dealkylation sites (N-methyl/N-ethyl adjacent to an activating group) is 1. The Bertz CT molecular complexity index is 346. The second-order valence-electron chi connectivity index (χ2n) is 6.18. The van der Waals surface area contributed by atoms with E-state index in [1.807, 2.05) is 0 Å². The van der Waals surface area contributed by atoms with Crippen LogP contribution in [0.3, 0.4) is 0 Å². The summed E-state index contributed by atoms with van der Waals surface area (Å²) in [6.07, 6.45) is 2.28. The molecule has 0 radical (unpaired) electrons. The van der Waals surface area contributed by atoms with Crippen molar-refractivity contribution < 1.29 is 0 Å². The van der Waals surface area contributed by atoms with Crippen molar-refractivity contribution in [3.8, 4) is 0 Å². The summed E-state index contributed by atoms with van der Waals surface area (Å²) in [7, 11) is 2.22. The lowest BCUT2D eigenvalue weighted by atomic mass is 10.0. The highest BCUT2D eigenvalue weighted by molar-refractivity contribution is 5.14. The maximum atomic E-state index is 3.65. The molecule has 2 nitrogen and oxygen atoms in total. The second-order valence-corrected chi connectivity index (χ2v) is 6.18. The molecule has 0 saturated carbocycles. The van der Waals surface area contributed by atoms with Gasteiger partial charge in [-0.25, -0.2) is 0 Å². The lowest BCUT2D eigenvalue weighted by Crippen LogP contribution is -2.46. The quantitative estimate of drug-likeness (QED) is 0.773. The molecule has 1 atom stereocenters. The first-order valence-electron chi connectivity index (χ1n) is 7.44.